The van der Waals surface area contributed by atoms with Gasteiger partial charge in [0.05, 0.1) is 0 Å². The van der Waals surface area contributed by atoms with Crippen LogP contribution in [-0.2, 0) is 21.4 Å². The van der Waals surface area contributed by atoms with Gasteiger partial charge in [-0.3, -0.25) is 19.7 Å². The molecular weight excluding hydrogens is 394 g/mol. The van der Waals surface area contributed by atoms with E-state index in [9.17, 15) is 19.2 Å². The number of thioether (sulfide) groups is 1. The van der Waals surface area contributed by atoms with E-state index in [2.05, 4.69) is 10.6 Å². The molecule has 0 aliphatic carbocycles. The number of hydrogen-bond acceptors (Lipinski definition) is 6. The van der Waals surface area contributed by atoms with Crippen molar-refractivity contribution in [2.75, 3.05) is 18.6 Å². The first kappa shape index (κ1) is 22.2. The largest absolute Gasteiger partial charge is 0.454 e. The first-order chi connectivity index (χ1) is 13.9. The summed E-state index contributed by atoms with van der Waals surface area (Å²) in [6, 6.07) is 10.8. The van der Waals surface area contributed by atoms with Gasteiger partial charge in [0.2, 0.25) is 0 Å². The third-order valence-electron chi connectivity index (χ3n) is 4.01. The Morgan fingerprint density at radius 3 is 2.41 bits per heavy atom. The Hall–Kier alpha value is -3.07. The summed E-state index contributed by atoms with van der Waals surface area (Å²) >= 11 is 1.52. The van der Waals surface area contributed by atoms with Crippen LogP contribution < -0.4 is 10.6 Å². The second-order valence-corrected chi connectivity index (χ2v) is 7.15. The van der Waals surface area contributed by atoms with Crippen molar-refractivity contribution in [3.63, 3.8) is 0 Å². The van der Waals surface area contributed by atoms with Gasteiger partial charge in [-0.05, 0) is 42.7 Å². The zero-order valence-corrected chi connectivity index (χ0v) is 17.0. The Kier molecular flexibility index (Phi) is 8.47. The number of amides is 3. The highest BCUT2D eigenvalue weighted by Gasteiger charge is 2.24. The Labute approximate surface area is 173 Å². The molecule has 1 atom stereocenters. The molecule has 0 spiro atoms. The number of carbonyl (C=O) groups excluding carboxylic acids is 4. The van der Waals surface area contributed by atoms with Crippen molar-refractivity contribution in [1.29, 1.82) is 0 Å². The van der Waals surface area contributed by atoms with Crippen LogP contribution in [0.3, 0.4) is 0 Å². The predicted octanol–water partition coefficient (Wildman–Crippen LogP) is 1.38. The second kappa shape index (κ2) is 11.1. The van der Waals surface area contributed by atoms with Crippen molar-refractivity contribution in [3.05, 3.63) is 59.9 Å². The van der Waals surface area contributed by atoms with Gasteiger partial charge >= 0.3 is 5.97 Å². The standard InChI is InChI=1S/C20H23N3O5S/c1-23-11-6-9-16(23)19(26)22-17(24)13-28-20(27)15(10-12-29-2)21-18(25)14-7-4-3-5-8-14/h3-9,11,15H,10,12-13H2,1-2H3,(H,21,25)(H,22,24,26)/t15-/m1/s1. The first-order valence-corrected chi connectivity index (χ1v) is 10.3. The summed E-state index contributed by atoms with van der Waals surface area (Å²) < 4.78 is 6.58. The molecule has 0 aliphatic heterocycles. The van der Waals surface area contributed by atoms with Gasteiger partial charge in [-0.15, -0.1) is 0 Å². The molecule has 0 saturated heterocycles. The molecule has 3 amide bonds. The summed E-state index contributed by atoms with van der Waals surface area (Å²) in [6.07, 6.45) is 3.90. The lowest BCUT2D eigenvalue weighted by atomic mass is 10.1. The van der Waals surface area contributed by atoms with Crippen LogP contribution >= 0.6 is 11.8 Å². The van der Waals surface area contributed by atoms with Gasteiger partial charge in [0.1, 0.15) is 11.7 Å². The summed E-state index contributed by atoms with van der Waals surface area (Å²) in [6.45, 7) is -0.619. The molecule has 1 heterocycles. The summed E-state index contributed by atoms with van der Waals surface area (Å²) in [5.74, 6) is -1.85. The van der Waals surface area contributed by atoms with Gasteiger partial charge in [0, 0.05) is 18.8 Å². The Balaban J connectivity index is 1.89. The maximum atomic E-state index is 12.4. The van der Waals surface area contributed by atoms with Gasteiger partial charge in [-0.1, -0.05) is 18.2 Å². The highest BCUT2D eigenvalue weighted by molar-refractivity contribution is 7.98. The molecule has 8 nitrogen and oxygen atoms in total. The smallest absolute Gasteiger partial charge is 0.329 e. The maximum absolute atomic E-state index is 12.4. The molecule has 1 aromatic carbocycles. The van der Waals surface area contributed by atoms with E-state index in [0.29, 0.717) is 23.4 Å². The van der Waals surface area contributed by atoms with E-state index >= 15 is 0 Å². The molecule has 2 rings (SSSR count). The quantitative estimate of drug-likeness (QED) is 0.597. The first-order valence-electron chi connectivity index (χ1n) is 8.89. The van der Waals surface area contributed by atoms with Gasteiger partial charge in [0.25, 0.3) is 17.7 Å². The van der Waals surface area contributed by atoms with Crippen LogP contribution in [0.15, 0.2) is 48.7 Å². The van der Waals surface area contributed by atoms with Crippen LogP contribution in [0, 0.1) is 0 Å². The van der Waals surface area contributed by atoms with Gasteiger partial charge < -0.3 is 14.6 Å². The van der Waals surface area contributed by atoms with Crippen molar-refractivity contribution < 1.29 is 23.9 Å². The maximum Gasteiger partial charge on any atom is 0.329 e. The van der Waals surface area contributed by atoms with Crippen molar-refractivity contribution in [2.45, 2.75) is 12.5 Å². The van der Waals surface area contributed by atoms with Crippen LogP contribution in [0.25, 0.3) is 0 Å². The SMILES string of the molecule is CSCC[C@@H](NC(=O)c1ccccc1)C(=O)OCC(=O)NC(=O)c1cccn1C. The van der Waals surface area contributed by atoms with E-state index in [1.807, 2.05) is 6.26 Å². The zero-order valence-electron chi connectivity index (χ0n) is 16.2. The molecule has 29 heavy (non-hydrogen) atoms. The molecule has 0 aliphatic rings. The molecule has 9 heteroatoms. The van der Waals surface area contributed by atoms with Crippen LogP contribution in [0.1, 0.15) is 27.3 Å². The van der Waals surface area contributed by atoms with Crippen LogP contribution in [0.4, 0.5) is 0 Å². The lowest BCUT2D eigenvalue weighted by molar-refractivity contribution is -0.150. The molecule has 0 radical (unpaired) electrons. The van der Waals surface area contributed by atoms with Gasteiger partial charge in [-0.2, -0.15) is 11.8 Å². The third-order valence-corrected chi connectivity index (χ3v) is 4.66. The minimum Gasteiger partial charge on any atom is -0.454 e. The van der Waals surface area contributed by atoms with Crippen LogP contribution in [0.5, 0.6) is 0 Å². The minimum absolute atomic E-state index is 0.303. The van der Waals surface area contributed by atoms with Crippen LogP contribution in [0.2, 0.25) is 0 Å². The number of esters is 1. The molecule has 2 aromatic rings. The van der Waals surface area contributed by atoms with Crippen molar-refractivity contribution in [1.82, 2.24) is 15.2 Å². The van der Waals surface area contributed by atoms with E-state index < -0.39 is 36.3 Å². The number of hydrogen-bond donors (Lipinski definition) is 2. The monoisotopic (exact) mass is 417 g/mol. The molecule has 0 fully saturated rings. The van der Waals surface area contributed by atoms with Gasteiger partial charge in [0.15, 0.2) is 6.61 Å². The fourth-order valence-corrected chi connectivity index (χ4v) is 2.95. The molecule has 0 bridgehead atoms. The number of carbonyl (C=O) groups is 4. The lowest BCUT2D eigenvalue weighted by Gasteiger charge is -2.17. The predicted molar refractivity (Wildman–Crippen MR) is 110 cm³/mol. The average Bonchev–Trinajstić information content (AvgIpc) is 3.15. The number of aryl methyl sites for hydroxylation is 1. The fourth-order valence-electron chi connectivity index (χ4n) is 2.48. The summed E-state index contributed by atoms with van der Waals surface area (Å²) in [5, 5.41) is 4.79. The molecule has 1 aromatic heterocycles. The number of imide groups is 1. The Morgan fingerprint density at radius 1 is 1.07 bits per heavy atom. The normalized spacial score (nSPS) is 11.4. The molecule has 2 N–H and O–H groups in total. The summed E-state index contributed by atoms with van der Waals surface area (Å²) in [7, 11) is 1.67. The van der Waals surface area contributed by atoms with Crippen molar-refractivity contribution >= 4 is 35.5 Å². The second-order valence-electron chi connectivity index (χ2n) is 6.16. The highest BCUT2D eigenvalue weighted by Crippen LogP contribution is 2.06. The van der Waals surface area contributed by atoms with E-state index in [4.69, 9.17) is 4.74 Å². The number of nitrogens with zero attached hydrogens (tertiary/aromatic N) is 1. The fraction of sp³-hybridized carbons (Fsp3) is 0.300. The topological polar surface area (TPSA) is 106 Å². The molecule has 0 saturated carbocycles. The van der Waals surface area contributed by atoms with Gasteiger partial charge in [-0.25, -0.2) is 4.79 Å². The number of aromatic nitrogens is 1. The molecule has 0 unspecified atom stereocenters. The van der Waals surface area contributed by atoms with E-state index in [-0.39, 0.29) is 0 Å². The number of rotatable bonds is 9. The number of nitrogens with one attached hydrogen (secondary N) is 2. The Morgan fingerprint density at radius 2 is 1.79 bits per heavy atom. The van der Waals surface area contributed by atoms with E-state index in [1.165, 1.54) is 11.8 Å². The molecular formula is C20H23N3O5S. The van der Waals surface area contributed by atoms with Crippen LogP contribution in [-0.4, -0.2) is 52.9 Å². The highest BCUT2D eigenvalue weighted by atomic mass is 32.2. The number of ether oxygens (including phenoxy) is 1. The van der Waals surface area contributed by atoms with E-state index in [0.717, 1.165) is 0 Å². The summed E-state index contributed by atoms with van der Waals surface area (Å²) in [4.78, 5) is 48.6. The average molecular weight is 417 g/mol. The lowest BCUT2D eigenvalue weighted by Crippen LogP contribution is -2.43. The summed E-state index contributed by atoms with van der Waals surface area (Å²) in [5.41, 5.74) is 0.720. The van der Waals surface area contributed by atoms with Crippen molar-refractivity contribution in [3.8, 4) is 0 Å². The van der Waals surface area contributed by atoms with Crippen molar-refractivity contribution in [2.24, 2.45) is 7.05 Å². The van der Waals surface area contributed by atoms with E-state index in [1.54, 1.807) is 60.3 Å². The third kappa shape index (κ3) is 6.79. The minimum atomic E-state index is -0.897. The Bertz CT molecular complexity index is 866. The molecule has 154 valence electrons. The number of benzene rings is 1. The zero-order chi connectivity index (χ0) is 21.2.